The van der Waals surface area contributed by atoms with E-state index in [1.54, 1.807) is 48.9 Å². The summed E-state index contributed by atoms with van der Waals surface area (Å²) in [6.07, 6.45) is 4.94. The van der Waals surface area contributed by atoms with Crippen molar-refractivity contribution in [3.05, 3.63) is 113 Å². The fourth-order valence-electron chi connectivity index (χ4n) is 2.93. The largest absolute Gasteiger partial charge is 0.489 e. The first kappa shape index (κ1) is 19.1. The lowest BCUT2D eigenvalue weighted by atomic mass is 10.1. The summed E-state index contributed by atoms with van der Waals surface area (Å²) in [5.74, 6) is 0.287. The maximum absolute atomic E-state index is 12.6. The summed E-state index contributed by atoms with van der Waals surface area (Å²) in [6, 6.07) is 21.9. The maximum atomic E-state index is 12.6. The summed E-state index contributed by atoms with van der Waals surface area (Å²) in [4.78, 5) is 31.4. The van der Waals surface area contributed by atoms with Crippen LogP contribution in [0.25, 0.3) is 11.1 Å². The number of pyridine rings is 2. The van der Waals surface area contributed by atoms with Crippen molar-refractivity contribution in [2.45, 2.75) is 6.61 Å². The number of nitrogens with zero attached hydrogens (tertiary/aromatic N) is 1. The number of ether oxygens (including phenoxy) is 1. The second-order valence-electron chi connectivity index (χ2n) is 6.62. The van der Waals surface area contributed by atoms with E-state index < -0.39 is 0 Å². The molecular formula is C24H19N3O3. The highest BCUT2D eigenvalue weighted by Crippen LogP contribution is 2.19. The summed E-state index contributed by atoms with van der Waals surface area (Å²) < 4.78 is 5.74. The number of aromatic nitrogens is 2. The van der Waals surface area contributed by atoms with Gasteiger partial charge in [0.25, 0.3) is 11.5 Å². The van der Waals surface area contributed by atoms with Crippen LogP contribution in [0, 0.1) is 0 Å². The number of hydrogen-bond acceptors (Lipinski definition) is 4. The van der Waals surface area contributed by atoms with Crippen LogP contribution >= 0.6 is 0 Å². The van der Waals surface area contributed by atoms with Gasteiger partial charge in [-0.05, 0) is 53.6 Å². The van der Waals surface area contributed by atoms with Gasteiger partial charge in [0.2, 0.25) is 0 Å². The van der Waals surface area contributed by atoms with Crippen LogP contribution in [0.5, 0.6) is 5.75 Å². The van der Waals surface area contributed by atoms with E-state index in [4.69, 9.17) is 4.74 Å². The van der Waals surface area contributed by atoms with E-state index in [1.165, 1.54) is 0 Å². The molecule has 2 heterocycles. The second kappa shape index (κ2) is 8.87. The highest BCUT2D eigenvalue weighted by Gasteiger charge is 2.10. The molecule has 1 amide bonds. The van der Waals surface area contributed by atoms with Gasteiger partial charge in [0.05, 0.1) is 0 Å². The van der Waals surface area contributed by atoms with Crippen molar-refractivity contribution in [2.24, 2.45) is 0 Å². The Morgan fingerprint density at radius 1 is 0.933 bits per heavy atom. The first-order valence-corrected chi connectivity index (χ1v) is 9.40. The van der Waals surface area contributed by atoms with Gasteiger partial charge in [-0.3, -0.25) is 14.6 Å². The maximum Gasteiger partial charge on any atom is 0.271 e. The van der Waals surface area contributed by atoms with Crippen molar-refractivity contribution < 1.29 is 9.53 Å². The van der Waals surface area contributed by atoms with Gasteiger partial charge in [-0.2, -0.15) is 0 Å². The molecule has 2 N–H and O–H groups in total. The Morgan fingerprint density at radius 2 is 1.67 bits per heavy atom. The van der Waals surface area contributed by atoms with E-state index in [0.29, 0.717) is 17.9 Å². The molecule has 4 rings (SSSR count). The molecule has 0 radical (unpaired) electrons. The van der Waals surface area contributed by atoms with Gasteiger partial charge < -0.3 is 15.0 Å². The van der Waals surface area contributed by atoms with E-state index in [1.807, 2.05) is 42.5 Å². The summed E-state index contributed by atoms with van der Waals surface area (Å²) in [7, 11) is 0. The first-order valence-electron chi connectivity index (χ1n) is 9.40. The normalized spacial score (nSPS) is 10.4. The van der Waals surface area contributed by atoms with Crippen LogP contribution < -0.4 is 15.6 Å². The standard InChI is InChI=1S/C24H19N3O3/c28-23(19-6-8-21(9-7-19)30-16-17-4-2-1-3-5-17)27-22-14-20(15-26-24(22)29)18-10-12-25-13-11-18/h1-15H,16H2,(H,26,29)(H,27,28). The summed E-state index contributed by atoms with van der Waals surface area (Å²) >= 11 is 0. The van der Waals surface area contributed by atoms with E-state index in [9.17, 15) is 9.59 Å². The van der Waals surface area contributed by atoms with Crippen molar-refractivity contribution >= 4 is 11.6 Å². The van der Waals surface area contributed by atoms with Gasteiger partial charge in [0.15, 0.2) is 0 Å². The third-order valence-electron chi connectivity index (χ3n) is 4.53. The fraction of sp³-hybridized carbons (Fsp3) is 0.0417. The molecule has 0 unspecified atom stereocenters. The fourth-order valence-corrected chi connectivity index (χ4v) is 2.93. The van der Waals surface area contributed by atoms with Crippen molar-refractivity contribution in [3.8, 4) is 16.9 Å². The van der Waals surface area contributed by atoms with Gasteiger partial charge >= 0.3 is 0 Å². The zero-order chi connectivity index (χ0) is 20.8. The summed E-state index contributed by atoms with van der Waals surface area (Å²) in [5, 5.41) is 2.67. The molecule has 0 saturated carbocycles. The number of amides is 1. The Bertz CT molecular complexity index is 1190. The molecule has 0 atom stereocenters. The van der Waals surface area contributed by atoms with Crippen LogP contribution in [0.3, 0.4) is 0 Å². The predicted molar refractivity (Wildman–Crippen MR) is 115 cm³/mol. The molecule has 6 heteroatoms. The predicted octanol–water partition coefficient (Wildman–Crippen LogP) is 4.27. The molecule has 0 spiro atoms. The number of aromatic amines is 1. The van der Waals surface area contributed by atoms with Gasteiger partial charge in [0, 0.05) is 29.7 Å². The minimum atomic E-state index is -0.373. The average molecular weight is 397 g/mol. The lowest BCUT2D eigenvalue weighted by Crippen LogP contribution is -2.19. The van der Waals surface area contributed by atoms with E-state index in [-0.39, 0.29) is 17.2 Å². The van der Waals surface area contributed by atoms with Crippen LogP contribution in [0.4, 0.5) is 5.69 Å². The first-order chi connectivity index (χ1) is 14.7. The van der Waals surface area contributed by atoms with Gasteiger partial charge in [-0.1, -0.05) is 30.3 Å². The number of benzene rings is 2. The Kier molecular flexibility index (Phi) is 5.66. The van der Waals surface area contributed by atoms with Crippen molar-refractivity contribution in [2.75, 3.05) is 5.32 Å². The van der Waals surface area contributed by atoms with Crippen molar-refractivity contribution in [1.82, 2.24) is 9.97 Å². The topological polar surface area (TPSA) is 84.1 Å². The van der Waals surface area contributed by atoms with Crippen LogP contribution in [-0.2, 0) is 6.61 Å². The molecule has 0 bridgehead atoms. The quantitative estimate of drug-likeness (QED) is 0.509. The minimum absolute atomic E-state index is 0.179. The average Bonchev–Trinajstić information content (AvgIpc) is 2.81. The monoisotopic (exact) mass is 397 g/mol. The summed E-state index contributed by atoms with van der Waals surface area (Å²) in [6.45, 7) is 0.448. The van der Waals surface area contributed by atoms with E-state index in [2.05, 4.69) is 15.3 Å². The van der Waals surface area contributed by atoms with Gasteiger partial charge in [-0.15, -0.1) is 0 Å². The molecule has 4 aromatic rings. The second-order valence-corrected chi connectivity index (χ2v) is 6.62. The molecule has 148 valence electrons. The van der Waals surface area contributed by atoms with Crippen molar-refractivity contribution in [3.63, 3.8) is 0 Å². The Balaban J connectivity index is 1.44. The highest BCUT2D eigenvalue weighted by molar-refractivity contribution is 6.04. The van der Waals surface area contributed by atoms with Crippen LogP contribution in [-0.4, -0.2) is 15.9 Å². The lowest BCUT2D eigenvalue weighted by Gasteiger charge is -2.09. The van der Waals surface area contributed by atoms with Gasteiger partial charge in [-0.25, -0.2) is 0 Å². The number of carbonyl (C=O) groups is 1. The van der Waals surface area contributed by atoms with E-state index >= 15 is 0 Å². The zero-order valence-electron chi connectivity index (χ0n) is 16.0. The molecule has 0 aliphatic carbocycles. The molecular weight excluding hydrogens is 378 g/mol. The molecule has 0 aliphatic rings. The van der Waals surface area contributed by atoms with Gasteiger partial charge in [0.1, 0.15) is 18.0 Å². The Labute approximate surface area is 173 Å². The lowest BCUT2D eigenvalue weighted by molar-refractivity contribution is 0.102. The number of H-pyrrole nitrogens is 1. The number of anilines is 1. The smallest absolute Gasteiger partial charge is 0.271 e. The molecule has 0 aliphatic heterocycles. The van der Waals surface area contributed by atoms with Crippen LogP contribution in [0.15, 0.2) is 96.2 Å². The van der Waals surface area contributed by atoms with Crippen LogP contribution in [0.1, 0.15) is 15.9 Å². The SMILES string of the molecule is O=C(Nc1cc(-c2ccncc2)c[nH]c1=O)c1ccc(OCc2ccccc2)cc1. The third kappa shape index (κ3) is 4.62. The van der Waals surface area contributed by atoms with Crippen molar-refractivity contribution in [1.29, 1.82) is 0 Å². The highest BCUT2D eigenvalue weighted by atomic mass is 16.5. The molecule has 6 nitrogen and oxygen atoms in total. The summed E-state index contributed by atoms with van der Waals surface area (Å²) in [5.41, 5.74) is 2.96. The minimum Gasteiger partial charge on any atom is -0.489 e. The number of carbonyl (C=O) groups excluding carboxylic acids is 1. The Morgan fingerprint density at radius 3 is 2.40 bits per heavy atom. The third-order valence-corrected chi connectivity index (χ3v) is 4.53. The Hall–Kier alpha value is -4.19. The molecule has 2 aromatic carbocycles. The number of rotatable bonds is 6. The van der Waals surface area contributed by atoms with E-state index in [0.717, 1.165) is 16.7 Å². The molecule has 2 aromatic heterocycles. The zero-order valence-corrected chi connectivity index (χ0v) is 16.0. The number of nitrogens with one attached hydrogen (secondary N) is 2. The number of hydrogen-bond donors (Lipinski definition) is 2. The van der Waals surface area contributed by atoms with Crippen LogP contribution in [0.2, 0.25) is 0 Å². The molecule has 30 heavy (non-hydrogen) atoms. The molecule has 0 saturated heterocycles. The molecule has 0 fully saturated rings.